The molecule has 0 aromatic heterocycles. The lowest BCUT2D eigenvalue weighted by molar-refractivity contribution is -0.171. The Kier molecular flexibility index (Phi) is 5.63. The predicted molar refractivity (Wildman–Crippen MR) is 112 cm³/mol. The van der Waals surface area contributed by atoms with E-state index in [2.05, 4.69) is 53.4 Å². The van der Waals surface area contributed by atoms with Gasteiger partial charge in [0.05, 0.1) is 6.10 Å². The molecule has 138 valence electrons. The highest BCUT2D eigenvalue weighted by Crippen LogP contribution is 2.62. The van der Waals surface area contributed by atoms with Crippen LogP contribution in [0.2, 0.25) is 0 Å². The summed E-state index contributed by atoms with van der Waals surface area (Å²) < 4.78 is 6.03. The van der Waals surface area contributed by atoms with Crippen LogP contribution in [0.4, 0.5) is 0 Å². The molecule has 2 aliphatic carbocycles. The van der Waals surface area contributed by atoms with Crippen LogP contribution in [0.15, 0.2) is 29.3 Å². The van der Waals surface area contributed by atoms with Crippen LogP contribution in [0.5, 0.6) is 0 Å². The minimum atomic E-state index is 0. The second kappa shape index (κ2) is 7.43. The maximum Gasteiger partial charge on any atom is 0.193 e. The van der Waals surface area contributed by atoms with Crippen molar-refractivity contribution in [2.75, 3.05) is 20.7 Å². The molecular weight excluding hydrogens is 425 g/mol. The van der Waals surface area contributed by atoms with E-state index in [4.69, 9.17) is 4.74 Å². The van der Waals surface area contributed by atoms with Gasteiger partial charge >= 0.3 is 0 Å². The molecule has 0 radical (unpaired) electrons. The summed E-state index contributed by atoms with van der Waals surface area (Å²) in [6.07, 6.45) is 5.67. The summed E-state index contributed by atoms with van der Waals surface area (Å²) in [7, 11) is 4.02. The molecular formula is C20H30IN3O. The number of ether oxygens (including phenoxy) is 1. The fourth-order valence-electron chi connectivity index (χ4n) is 4.98. The fraction of sp³-hybridized carbons (Fsp3) is 0.650. The molecule has 5 heteroatoms. The van der Waals surface area contributed by atoms with Gasteiger partial charge in [0.1, 0.15) is 0 Å². The summed E-state index contributed by atoms with van der Waals surface area (Å²) in [5.74, 6) is 1.69. The number of aliphatic imine (C=N–C) groups is 1. The van der Waals surface area contributed by atoms with Gasteiger partial charge in [-0.3, -0.25) is 4.99 Å². The normalized spacial score (nSPS) is 29.2. The molecule has 25 heavy (non-hydrogen) atoms. The van der Waals surface area contributed by atoms with Gasteiger partial charge in [-0.25, -0.2) is 0 Å². The molecule has 1 aromatic carbocycles. The zero-order valence-corrected chi connectivity index (χ0v) is 17.8. The van der Waals surface area contributed by atoms with Crippen molar-refractivity contribution in [1.82, 2.24) is 10.2 Å². The molecule has 0 bridgehead atoms. The van der Waals surface area contributed by atoms with Crippen molar-refractivity contribution in [3.63, 3.8) is 0 Å². The molecule has 1 aliphatic heterocycles. The molecule has 1 saturated heterocycles. The molecule has 1 spiro atoms. The number of fused-ring (bicyclic) bond motifs is 2. The molecule has 0 amide bonds. The van der Waals surface area contributed by atoms with Crippen LogP contribution in [0, 0.1) is 18.3 Å². The third-order valence-corrected chi connectivity index (χ3v) is 6.43. The molecule has 1 aromatic rings. The minimum absolute atomic E-state index is 0. The van der Waals surface area contributed by atoms with E-state index in [1.165, 1.54) is 36.8 Å². The highest BCUT2D eigenvalue weighted by atomic mass is 127. The largest absolute Gasteiger partial charge is 0.377 e. The van der Waals surface area contributed by atoms with Gasteiger partial charge in [0.25, 0.3) is 0 Å². The van der Waals surface area contributed by atoms with E-state index < -0.39 is 0 Å². The van der Waals surface area contributed by atoms with Gasteiger partial charge in [-0.1, -0.05) is 36.2 Å². The first-order valence-corrected chi connectivity index (χ1v) is 9.26. The van der Waals surface area contributed by atoms with Crippen molar-refractivity contribution < 1.29 is 4.74 Å². The summed E-state index contributed by atoms with van der Waals surface area (Å²) in [5.41, 5.74) is 3.01. The number of aryl methyl sites for hydroxylation is 1. The van der Waals surface area contributed by atoms with E-state index in [1.807, 2.05) is 7.05 Å². The van der Waals surface area contributed by atoms with Crippen LogP contribution in [0.1, 0.15) is 36.8 Å². The van der Waals surface area contributed by atoms with Crippen LogP contribution in [0.3, 0.4) is 0 Å². The lowest BCUT2D eigenvalue weighted by atomic mass is 9.46. The van der Waals surface area contributed by atoms with Crippen molar-refractivity contribution in [1.29, 1.82) is 0 Å². The average molecular weight is 455 g/mol. The SMILES string of the molecule is CN=C(NC1C2CCOC2C12CCC2)N(C)Cc1ccc(C)cc1.I. The van der Waals surface area contributed by atoms with Crippen LogP contribution in [0.25, 0.3) is 0 Å². The monoisotopic (exact) mass is 455 g/mol. The first-order valence-electron chi connectivity index (χ1n) is 9.26. The summed E-state index contributed by atoms with van der Waals surface area (Å²) in [6.45, 7) is 3.94. The Morgan fingerprint density at radius 3 is 2.64 bits per heavy atom. The number of hydrogen-bond donors (Lipinski definition) is 1. The molecule has 4 nitrogen and oxygen atoms in total. The van der Waals surface area contributed by atoms with Gasteiger partial charge in [0.15, 0.2) is 5.96 Å². The molecule has 1 N–H and O–H groups in total. The fourth-order valence-corrected chi connectivity index (χ4v) is 4.98. The topological polar surface area (TPSA) is 36.9 Å². The third-order valence-electron chi connectivity index (χ3n) is 6.43. The Labute approximate surface area is 168 Å². The van der Waals surface area contributed by atoms with Crippen LogP contribution in [-0.4, -0.2) is 43.7 Å². The quantitative estimate of drug-likeness (QED) is 0.430. The van der Waals surface area contributed by atoms with Crippen molar-refractivity contribution in [2.45, 2.75) is 51.3 Å². The van der Waals surface area contributed by atoms with Gasteiger partial charge in [0.2, 0.25) is 0 Å². The number of nitrogens with one attached hydrogen (secondary N) is 1. The zero-order chi connectivity index (χ0) is 16.7. The molecule has 4 rings (SSSR count). The van der Waals surface area contributed by atoms with E-state index in [0.29, 0.717) is 23.5 Å². The molecule has 3 fully saturated rings. The summed E-state index contributed by atoms with van der Waals surface area (Å²) in [4.78, 5) is 6.79. The standard InChI is InChI=1S/C20H29N3O.HI/c1-14-5-7-15(8-6-14)13-23(3)19(21-2)22-17-16-9-12-24-18(16)20(17)10-4-11-20;/h5-8,16-18H,4,9-13H2,1-3H3,(H,21,22);1H. The molecule has 3 aliphatic rings. The smallest absolute Gasteiger partial charge is 0.193 e. The van der Waals surface area contributed by atoms with Crippen molar-refractivity contribution in [2.24, 2.45) is 16.3 Å². The maximum absolute atomic E-state index is 6.03. The van der Waals surface area contributed by atoms with E-state index in [1.54, 1.807) is 0 Å². The van der Waals surface area contributed by atoms with Crippen LogP contribution in [-0.2, 0) is 11.3 Å². The van der Waals surface area contributed by atoms with E-state index in [-0.39, 0.29) is 24.0 Å². The van der Waals surface area contributed by atoms with Gasteiger partial charge in [0, 0.05) is 44.6 Å². The first-order chi connectivity index (χ1) is 11.6. The average Bonchev–Trinajstić information content (AvgIpc) is 2.94. The third kappa shape index (κ3) is 3.18. The molecule has 3 atom stereocenters. The number of benzene rings is 1. The summed E-state index contributed by atoms with van der Waals surface area (Å²) in [6, 6.07) is 9.30. The molecule has 3 unspecified atom stereocenters. The van der Waals surface area contributed by atoms with Crippen molar-refractivity contribution in [3.8, 4) is 0 Å². The number of guanidine groups is 1. The van der Waals surface area contributed by atoms with E-state index in [9.17, 15) is 0 Å². The zero-order valence-electron chi connectivity index (χ0n) is 15.5. The summed E-state index contributed by atoms with van der Waals surface area (Å²) in [5, 5.41) is 3.79. The number of rotatable bonds is 3. The van der Waals surface area contributed by atoms with Crippen LogP contribution < -0.4 is 5.32 Å². The molecule has 1 heterocycles. The Bertz CT molecular complexity index is 626. The lowest BCUT2D eigenvalue weighted by Gasteiger charge is -2.63. The number of halogens is 1. The minimum Gasteiger partial charge on any atom is -0.377 e. The maximum atomic E-state index is 6.03. The highest BCUT2D eigenvalue weighted by Gasteiger charge is 2.66. The first kappa shape index (κ1) is 19.0. The van der Waals surface area contributed by atoms with E-state index >= 15 is 0 Å². The Hall–Kier alpha value is -0.820. The molecule has 2 saturated carbocycles. The Morgan fingerprint density at radius 2 is 2.04 bits per heavy atom. The van der Waals surface area contributed by atoms with Gasteiger partial charge in [-0.2, -0.15) is 0 Å². The predicted octanol–water partition coefficient (Wildman–Crippen LogP) is 3.58. The number of hydrogen-bond acceptors (Lipinski definition) is 2. The van der Waals surface area contributed by atoms with Gasteiger partial charge < -0.3 is 15.0 Å². The second-order valence-electron chi connectivity index (χ2n) is 7.84. The summed E-state index contributed by atoms with van der Waals surface area (Å²) >= 11 is 0. The number of nitrogens with zero attached hydrogens (tertiary/aromatic N) is 2. The Morgan fingerprint density at radius 1 is 1.32 bits per heavy atom. The van der Waals surface area contributed by atoms with Crippen LogP contribution >= 0.6 is 24.0 Å². The lowest BCUT2D eigenvalue weighted by Crippen LogP contribution is -2.72. The van der Waals surface area contributed by atoms with Crippen molar-refractivity contribution >= 4 is 29.9 Å². The van der Waals surface area contributed by atoms with Crippen molar-refractivity contribution in [3.05, 3.63) is 35.4 Å². The van der Waals surface area contributed by atoms with Gasteiger partial charge in [-0.05, 0) is 31.7 Å². The van der Waals surface area contributed by atoms with Gasteiger partial charge in [-0.15, -0.1) is 24.0 Å². The second-order valence-corrected chi connectivity index (χ2v) is 7.84. The Balaban J connectivity index is 0.00000182. The van der Waals surface area contributed by atoms with E-state index in [0.717, 1.165) is 19.1 Å². The highest BCUT2D eigenvalue weighted by molar-refractivity contribution is 14.0.